The maximum Gasteiger partial charge on any atom is 0.309 e. The zero-order valence-electron chi connectivity index (χ0n) is 9.26. The lowest BCUT2D eigenvalue weighted by molar-refractivity contribution is -0.137. The Morgan fingerprint density at radius 3 is 2.23 bits per heavy atom. The van der Waals surface area contributed by atoms with E-state index in [1.54, 1.807) is 0 Å². The first-order valence-electron chi connectivity index (χ1n) is 4.76. The highest BCUT2D eigenvalue weighted by molar-refractivity contribution is 6.71. The van der Waals surface area contributed by atoms with Crippen LogP contribution < -0.4 is 5.73 Å². The van der Waals surface area contributed by atoms with E-state index in [1.165, 1.54) is 0 Å². The molecule has 2 N–H and O–H groups in total. The summed E-state index contributed by atoms with van der Waals surface area (Å²) in [4.78, 5) is 11.4. The molecule has 0 heterocycles. The van der Waals surface area contributed by atoms with Crippen LogP contribution in [-0.2, 0) is 9.22 Å². The SMILES string of the molecule is CC[C@H](C)[C@H](N)C(=O)O[Si](C)(C)C. The van der Waals surface area contributed by atoms with Crippen molar-refractivity contribution >= 4 is 14.3 Å². The number of hydrogen-bond acceptors (Lipinski definition) is 3. The molecule has 0 spiro atoms. The van der Waals surface area contributed by atoms with Gasteiger partial charge in [-0.15, -0.1) is 0 Å². The minimum absolute atomic E-state index is 0.198. The summed E-state index contributed by atoms with van der Waals surface area (Å²) in [5, 5.41) is 0. The van der Waals surface area contributed by atoms with Crippen molar-refractivity contribution in [1.82, 2.24) is 0 Å². The van der Waals surface area contributed by atoms with E-state index in [1.807, 2.05) is 33.5 Å². The Kier molecular flexibility index (Phi) is 4.63. The first kappa shape index (κ1) is 12.6. The summed E-state index contributed by atoms with van der Waals surface area (Å²) in [5.41, 5.74) is 5.73. The van der Waals surface area contributed by atoms with E-state index in [9.17, 15) is 4.79 Å². The Hall–Kier alpha value is -0.353. The van der Waals surface area contributed by atoms with Crippen LogP contribution in [0.3, 0.4) is 0 Å². The minimum Gasteiger partial charge on any atom is -0.519 e. The highest BCUT2D eigenvalue weighted by Crippen LogP contribution is 2.10. The first-order valence-corrected chi connectivity index (χ1v) is 8.17. The third-order valence-corrected chi connectivity index (χ3v) is 2.75. The van der Waals surface area contributed by atoms with E-state index in [0.717, 1.165) is 6.42 Å². The Bertz CT molecular complexity index is 177. The van der Waals surface area contributed by atoms with Crippen LogP contribution in [0.15, 0.2) is 0 Å². The average Bonchev–Trinajstić information content (AvgIpc) is 1.98. The summed E-state index contributed by atoms with van der Waals surface area (Å²) in [6, 6.07) is -0.461. The fourth-order valence-electron chi connectivity index (χ4n) is 0.856. The summed E-state index contributed by atoms with van der Waals surface area (Å²) in [5.74, 6) is -0.0441. The van der Waals surface area contributed by atoms with Gasteiger partial charge in [0, 0.05) is 0 Å². The molecule has 0 bridgehead atoms. The van der Waals surface area contributed by atoms with Crippen LogP contribution in [0, 0.1) is 5.92 Å². The standard InChI is InChI=1S/C9H21NO2Si/c1-6-7(2)8(10)9(11)12-13(3,4)5/h7-8H,6,10H2,1-5H3/t7-,8-/m0/s1. The molecule has 13 heavy (non-hydrogen) atoms. The molecule has 0 saturated carbocycles. The van der Waals surface area contributed by atoms with Crippen LogP contribution in [0.4, 0.5) is 0 Å². The predicted molar refractivity (Wildman–Crippen MR) is 56.9 cm³/mol. The molecule has 78 valence electrons. The van der Waals surface area contributed by atoms with Crippen LogP contribution in [0.1, 0.15) is 20.3 Å². The Labute approximate surface area is 81.8 Å². The van der Waals surface area contributed by atoms with E-state index in [2.05, 4.69) is 0 Å². The van der Waals surface area contributed by atoms with Crippen molar-refractivity contribution in [2.75, 3.05) is 0 Å². The van der Waals surface area contributed by atoms with E-state index >= 15 is 0 Å². The number of rotatable bonds is 4. The zero-order chi connectivity index (χ0) is 10.6. The first-order chi connectivity index (χ1) is 5.78. The molecule has 0 aromatic carbocycles. The second-order valence-corrected chi connectivity index (χ2v) is 8.87. The molecule has 0 aromatic rings. The number of nitrogens with two attached hydrogens (primary N) is 1. The molecule has 0 radical (unpaired) electrons. The summed E-state index contributed by atoms with van der Waals surface area (Å²) in [6.07, 6.45) is 0.905. The zero-order valence-corrected chi connectivity index (χ0v) is 10.3. The molecule has 0 aliphatic heterocycles. The second kappa shape index (κ2) is 4.76. The van der Waals surface area contributed by atoms with E-state index in [0.29, 0.717) is 0 Å². The summed E-state index contributed by atoms with van der Waals surface area (Å²) in [6.45, 7) is 9.93. The molecule has 0 saturated heterocycles. The van der Waals surface area contributed by atoms with Gasteiger partial charge in [-0.2, -0.15) is 0 Å². The van der Waals surface area contributed by atoms with Gasteiger partial charge in [0.1, 0.15) is 6.04 Å². The monoisotopic (exact) mass is 203 g/mol. The van der Waals surface area contributed by atoms with Gasteiger partial charge in [-0.1, -0.05) is 20.3 Å². The van der Waals surface area contributed by atoms with Crippen LogP contribution in [0.2, 0.25) is 19.6 Å². The smallest absolute Gasteiger partial charge is 0.309 e. The normalized spacial score (nSPS) is 16.5. The fourth-order valence-corrected chi connectivity index (χ4v) is 1.60. The van der Waals surface area contributed by atoms with Gasteiger partial charge in [0.05, 0.1) is 0 Å². The van der Waals surface area contributed by atoms with Crippen molar-refractivity contribution in [3.8, 4) is 0 Å². The predicted octanol–water partition coefficient (Wildman–Crippen LogP) is 1.74. The van der Waals surface area contributed by atoms with Gasteiger partial charge in [-0.25, -0.2) is 0 Å². The maximum absolute atomic E-state index is 11.4. The average molecular weight is 203 g/mol. The molecule has 0 aliphatic carbocycles. The van der Waals surface area contributed by atoms with Crippen LogP contribution in [0.5, 0.6) is 0 Å². The van der Waals surface area contributed by atoms with Crippen LogP contribution in [0.25, 0.3) is 0 Å². The Morgan fingerprint density at radius 1 is 1.46 bits per heavy atom. The Morgan fingerprint density at radius 2 is 1.92 bits per heavy atom. The van der Waals surface area contributed by atoms with Gasteiger partial charge in [0.15, 0.2) is 0 Å². The van der Waals surface area contributed by atoms with E-state index < -0.39 is 14.4 Å². The fraction of sp³-hybridized carbons (Fsp3) is 0.889. The molecular formula is C9H21NO2Si. The second-order valence-electron chi connectivity index (χ2n) is 4.44. The lowest BCUT2D eigenvalue weighted by atomic mass is 10.0. The molecule has 0 aromatic heterocycles. The van der Waals surface area contributed by atoms with Crippen molar-refractivity contribution in [3.05, 3.63) is 0 Å². The quantitative estimate of drug-likeness (QED) is 0.708. The number of hydrogen-bond donors (Lipinski definition) is 1. The number of carbonyl (C=O) groups is 1. The summed E-state index contributed by atoms with van der Waals surface area (Å²) in [7, 11) is -1.77. The molecule has 4 heteroatoms. The van der Waals surface area contributed by atoms with E-state index in [-0.39, 0.29) is 11.9 Å². The van der Waals surface area contributed by atoms with Crippen molar-refractivity contribution in [2.24, 2.45) is 11.7 Å². The van der Waals surface area contributed by atoms with Crippen molar-refractivity contribution in [1.29, 1.82) is 0 Å². The van der Waals surface area contributed by atoms with Gasteiger partial charge in [0.25, 0.3) is 0 Å². The molecule has 0 fully saturated rings. The van der Waals surface area contributed by atoms with Gasteiger partial charge in [-0.3, -0.25) is 4.79 Å². The third kappa shape index (κ3) is 5.05. The van der Waals surface area contributed by atoms with E-state index in [4.69, 9.17) is 10.2 Å². The molecule has 0 unspecified atom stereocenters. The van der Waals surface area contributed by atoms with Gasteiger partial charge in [0.2, 0.25) is 8.32 Å². The lowest BCUT2D eigenvalue weighted by Crippen LogP contribution is -2.43. The summed E-state index contributed by atoms with van der Waals surface area (Å²) >= 11 is 0. The lowest BCUT2D eigenvalue weighted by Gasteiger charge is -2.23. The van der Waals surface area contributed by atoms with Gasteiger partial charge >= 0.3 is 5.97 Å². The molecule has 3 nitrogen and oxygen atoms in total. The third-order valence-electron chi connectivity index (χ3n) is 1.94. The molecule has 0 aliphatic rings. The topological polar surface area (TPSA) is 52.3 Å². The van der Waals surface area contributed by atoms with Crippen LogP contribution in [-0.4, -0.2) is 20.3 Å². The van der Waals surface area contributed by atoms with Gasteiger partial charge in [-0.05, 0) is 25.6 Å². The molecule has 0 amide bonds. The molecule has 0 rings (SSSR count). The Balaban J connectivity index is 4.12. The summed E-state index contributed by atoms with van der Waals surface area (Å²) < 4.78 is 5.30. The van der Waals surface area contributed by atoms with Crippen LogP contribution >= 0.6 is 0 Å². The highest BCUT2D eigenvalue weighted by atomic mass is 28.4. The maximum atomic E-state index is 11.4. The highest BCUT2D eigenvalue weighted by Gasteiger charge is 2.26. The van der Waals surface area contributed by atoms with Gasteiger partial charge < -0.3 is 10.2 Å². The van der Waals surface area contributed by atoms with Crippen molar-refractivity contribution in [3.63, 3.8) is 0 Å². The number of carbonyl (C=O) groups excluding carboxylic acids is 1. The van der Waals surface area contributed by atoms with Crippen molar-refractivity contribution in [2.45, 2.75) is 46.0 Å². The molecular weight excluding hydrogens is 182 g/mol. The largest absolute Gasteiger partial charge is 0.519 e. The van der Waals surface area contributed by atoms with Crippen molar-refractivity contribution < 1.29 is 9.22 Å². The molecule has 2 atom stereocenters. The minimum atomic E-state index is -1.77.